The Balaban J connectivity index is 0.907. The second-order valence-electron chi connectivity index (χ2n) is 19.5. The molecule has 0 radical (unpaired) electrons. The third-order valence-electron chi connectivity index (χ3n) is 15.3. The van der Waals surface area contributed by atoms with Crippen LogP contribution in [-0.4, -0.2) is 28.7 Å². The van der Waals surface area contributed by atoms with Crippen molar-refractivity contribution in [2.75, 3.05) is 0 Å². The van der Waals surface area contributed by atoms with Gasteiger partial charge in [0, 0.05) is 60.9 Å². The van der Waals surface area contributed by atoms with E-state index in [1.807, 2.05) is 36.4 Å². The molecular formula is C69H46N6. The van der Waals surface area contributed by atoms with Crippen molar-refractivity contribution in [3.05, 3.63) is 272 Å². The van der Waals surface area contributed by atoms with E-state index in [2.05, 4.69) is 238 Å². The normalized spacial score (nSPS) is 13.4. The topological polar surface area (TPSA) is 53.5 Å². The average molecular weight is 959 g/mol. The Hall–Kier alpha value is -9.91. The van der Waals surface area contributed by atoms with E-state index >= 15 is 0 Å². The van der Waals surface area contributed by atoms with E-state index in [4.69, 9.17) is 15.0 Å². The van der Waals surface area contributed by atoms with E-state index in [0.717, 1.165) is 67.7 Å². The van der Waals surface area contributed by atoms with Gasteiger partial charge in [0.2, 0.25) is 0 Å². The quantitative estimate of drug-likeness (QED) is 0.152. The van der Waals surface area contributed by atoms with Gasteiger partial charge in [-0.05, 0) is 101 Å². The number of rotatable bonds is 8. The molecule has 0 N–H and O–H groups in total. The van der Waals surface area contributed by atoms with E-state index in [0.29, 0.717) is 17.5 Å². The summed E-state index contributed by atoms with van der Waals surface area (Å²) in [5.74, 6) is 2.10. The minimum atomic E-state index is 0.208. The predicted octanol–water partition coefficient (Wildman–Crippen LogP) is 17.0. The number of hydrogen-bond donors (Lipinski definition) is 0. The number of benzene rings is 10. The molecule has 0 aliphatic heterocycles. The molecule has 75 heavy (non-hydrogen) atoms. The summed E-state index contributed by atoms with van der Waals surface area (Å²) >= 11 is 0. The minimum Gasteiger partial charge on any atom is -0.310 e. The Morgan fingerprint density at radius 1 is 0.320 bits per heavy atom. The molecule has 6 nitrogen and oxygen atoms in total. The van der Waals surface area contributed by atoms with Crippen molar-refractivity contribution in [2.45, 2.75) is 12.3 Å². The SMILES string of the molecule is C1=CC(c2ccc3c(c2)c2ccccc2n3-c2cc(-c3cccc(-c4nc(-c5ccccc5)nc(-c5ccccc5)n4)c3)ccc2-n2c3ccccc3c3ccccc32)Cc2c1n(-c1ccccc1)c1ccccc21. The van der Waals surface area contributed by atoms with Crippen LogP contribution in [0.1, 0.15) is 22.7 Å². The molecule has 0 saturated carbocycles. The molecule has 352 valence electrons. The highest BCUT2D eigenvalue weighted by molar-refractivity contribution is 6.12. The molecule has 15 rings (SSSR count). The predicted molar refractivity (Wildman–Crippen MR) is 309 cm³/mol. The lowest BCUT2D eigenvalue weighted by atomic mass is 9.86. The molecule has 14 aromatic rings. The first-order valence-electron chi connectivity index (χ1n) is 25.7. The van der Waals surface area contributed by atoms with Crippen molar-refractivity contribution in [1.29, 1.82) is 0 Å². The molecule has 0 fully saturated rings. The molecule has 0 amide bonds. The summed E-state index contributed by atoms with van der Waals surface area (Å²) in [5, 5.41) is 6.21. The van der Waals surface area contributed by atoms with Crippen LogP contribution in [0, 0.1) is 0 Å². The maximum absolute atomic E-state index is 5.11. The van der Waals surface area contributed by atoms with Crippen LogP contribution in [0.4, 0.5) is 0 Å². The molecule has 1 atom stereocenters. The van der Waals surface area contributed by atoms with Crippen molar-refractivity contribution in [3.8, 4) is 62.4 Å². The van der Waals surface area contributed by atoms with Crippen molar-refractivity contribution in [2.24, 2.45) is 0 Å². The molecule has 0 spiro atoms. The minimum absolute atomic E-state index is 0.208. The van der Waals surface area contributed by atoms with Gasteiger partial charge in [0.05, 0.1) is 39.0 Å². The molecule has 10 aromatic carbocycles. The van der Waals surface area contributed by atoms with Gasteiger partial charge in [0.25, 0.3) is 0 Å². The summed E-state index contributed by atoms with van der Waals surface area (Å²) in [6, 6.07) is 89.2. The molecule has 1 unspecified atom stereocenters. The van der Waals surface area contributed by atoms with E-state index in [-0.39, 0.29) is 5.92 Å². The van der Waals surface area contributed by atoms with Gasteiger partial charge in [-0.2, -0.15) is 0 Å². The van der Waals surface area contributed by atoms with Crippen molar-refractivity contribution in [1.82, 2.24) is 28.7 Å². The van der Waals surface area contributed by atoms with E-state index in [9.17, 15) is 0 Å². The molecule has 4 aromatic heterocycles. The van der Waals surface area contributed by atoms with Crippen LogP contribution in [0.15, 0.2) is 255 Å². The smallest absolute Gasteiger partial charge is 0.164 e. The molecule has 1 aliphatic carbocycles. The molecule has 4 heterocycles. The standard InChI is InChI=1S/C69H46N6/c1-4-19-45(20-5-1)67-70-68(46-21-6-2-7-22-46)72-69(71-67)51-24-18-23-47(41-51)50-37-40-65(74-60-32-15-10-27-53(60)54-28-11-16-33-61(54)74)66(44-50)75-62-34-17-13-30-56(62)58-43-49(36-39-64(58)75)48-35-38-63-57(42-48)55-29-12-14-31-59(55)73(63)52-25-8-3-9-26-52/h1-41,43-44,48H,42H2. The van der Waals surface area contributed by atoms with Crippen LogP contribution < -0.4 is 0 Å². The number of para-hydroxylation sites is 5. The van der Waals surface area contributed by atoms with E-state index in [1.165, 1.54) is 55.0 Å². The first-order chi connectivity index (χ1) is 37.2. The highest BCUT2D eigenvalue weighted by atomic mass is 15.1. The van der Waals surface area contributed by atoms with Gasteiger partial charge in [-0.3, -0.25) is 0 Å². The van der Waals surface area contributed by atoms with Gasteiger partial charge in [-0.25, -0.2) is 15.0 Å². The van der Waals surface area contributed by atoms with Crippen LogP contribution >= 0.6 is 0 Å². The highest BCUT2D eigenvalue weighted by Gasteiger charge is 2.26. The lowest BCUT2D eigenvalue weighted by Crippen LogP contribution is -2.07. The van der Waals surface area contributed by atoms with E-state index < -0.39 is 0 Å². The Morgan fingerprint density at radius 2 is 0.787 bits per heavy atom. The lowest BCUT2D eigenvalue weighted by Gasteiger charge is -2.20. The monoisotopic (exact) mass is 958 g/mol. The summed E-state index contributed by atoms with van der Waals surface area (Å²) in [4.78, 5) is 15.2. The zero-order valence-corrected chi connectivity index (χ0v) is 40.8. The average Bonchev–Trinajstić information content (AvgIpc) is 4.18. The van der Waals surface area contributed by atoms with Crippen molar-refractivity contribution < 1.29 is 0 Å². The summed E-state index contributed by atoms with van der Waals surface area (Å²) in [7, 11) is 0. The Bertz CT molecular complexity index is 4450. The second kappa shape index (κ2) is 17.4. The van der Waals surface area contributed by atoms with Gasteiger partial charge in [-0.15, -0.1) is 0 Å². The van der Waals surface area contributed by atoms with Crippen LogP contribution in [0.25, 0.3) is 123 Å². The Labute approximate surface area is 433 Å². The first kappa shape index (κ1) is 42.7. The highest BCUT2D eigenvalue weighted by Crippen LogP contribution is 2.43. The summed E-state index contributed by atoms with van der Waals surface area (Å²) < 4.78 is 7.36. The number of allylic oxidation sites excluding steroid dienone is 1. The largest absolute Gasteiger partial charge is 0.310 e. The number of nitrogens with zero attached hydrogens (tertiary/aromatic N) is 6. The number of fused-ring (bicyclic) bond motifs is 9. The van der Waals surface area contributed by atoms with Crippen molar-refractivity contribution in [3.63, 3.8) is 0 Å². The van der Waals surface area contributed by atoms with Gasteiger partial charge in [0.1, 0.15) is 0 Å². The molecule has 6 heteroatoms. The Morgan fingerprint density at radius 3 is 1.41 bits per heavy atom. The fraction of sp³-hybridized carbons (Fsp3) is 0.0290. The van der Waals surface area contributed by atoms with Crippen LogP contribution in [0.3, 0.4) is 0 Å². The van der Waals surface area contributed by atoms with Gasteiger partial charge < -0.3 is 13.7 Å². The number of hydrogen-bond acceptors (Lipinski definition) is 3. The fourth-order valence-corrected chi connectivity index (χ4v) is 11.8. The van der Waals surface area contributed by atoms with Crippen LogP contribution in [0.2, 0.25) is 0 Å². The molecule has 0 bridgehead atoms. The molecule has 0 saturated heterocycles. The fourth-order valence-electron chi connectivity index (χ4n) is 11.8. The lowest BCUT2D eigenvalue weighted by molar-refractivity contribution is 0.826. The van der Waals surface area contributed by atoms with Crippen LogP contribution in [-0.2, 0) is 6.42 Å². The summed E-state index contributed by atoms with van der Waals surface area (Å²) in [5.41, 5.74) is 18.1. The van der Waals surface area contributed by atoms with Gasteiger partial charge in [-0.1, -0.05) is 188 Å². The molecular weight excluding hydrogens is 913 g/mol. The first-order valence-corrected chi connectivity index (χ1v) is 25.7. The maximum Gasteiger partial charge on any atom is 0.164 e. The third kappa shape index (κ3) is 7.06. The zero-order valence-electron chi connectivity index (χ0n) is 40.8. The summed E-state index contributed by atoms with van der Waals surface area (Å²) in [6.45, 7) is 0. The summed E-state index contributed by atoms with van der Waals surface area (Å²) in [6.07, 6.45) is 5.69. The Kier molecular flexibility index (Phi) is 9.91. The van der Waals surface area contributed by atoms with Gasteiger partial charge >= 0.3 is 0 Å². The van der Waals surface area contributed by atoms with Gasteiger partial charge in [0.15, 0.2) is 17.5 Å². The molecule has 1 aliphatic rings. The second-order valence-corrected chi connectivity index (χ2v) is 19.5. The van der Waals surface area contributed by atoms with E-state index in [1.54, 1.807) is 0 Å². The zero-order chi connectivity index (χ0) is 49.4. The van der Waals surface area contributed by atoms with Crippen LogP contribution in [0.5, 0.6) is 0 Å². The number of aromatic nitrogens is 6. The third-order valence-corrected chi connectivity index (χ3v) is 15.3. The van der Waals surface area contributed by atoms with Crippen molar-refractivity contribution >= 4 is 60.6 Å². The maximum atomic E-state index is 5.11.